The van der Waals surface area contributed by atoms with E-state index in [1.54, 1.807) is 0 Å². The molecule has 2 aliphatic rings. The summed E-state index contributed by atoms with van der Waals surface area (Å²) in [6.07, 6.45) is 8.65. The first-order valence-electron chi connectivity index (χ1n) is 7.60. The maximum absolute atomic E-state index is 11.5. The van der Waals surface area contributed by atoms with Gasteiger partial charge in [-0.25, -0.2) is 0 Å². The van der Waals surface area contributed by atoms with Crippen LogP contribution in [0.5, 0.6) is 0 Å². The van der Waals surface area contributed by atoms with Gasteiger partial charge < -0.3 is 16.0 Å². The van der Waals surface area contributed by atoms with Gasteiger partial charge in [0.05, 0.1) is 0 Å². The van der Waals surface area contributed by atoms with Crippen molar-refractivity contribution >= 4 is 11.9 Å². The number of likely N-dealkylation sites (tertiary alicyclic amines) is 1. The SMILES string of the molecule is NC(=NCCCC(=O)NC1CC1)N1CCCCCC1. The van der Waals surface area contributed by atoms with Crippen molar-refractivity contribution in [3.8, 4) is 0 Å². The number of hydrogen-bond acceptors (Lipinski definition) is 2. The van der Waals surface area contributed by atoms with Crippen LogP contribution in [-0.4, -0.2) is 42.4 Å². The van der Waals surface area contributed by atoms with Gasteiger partial charge in [-0.3, -0.25) is 9.79 Å². The Hall–Kier alpha value is -1.26. The van der Waals surface area contributed by atoms with E-state index in [0.717, 1.165) is 32.4 Å². The van der Waals surface area contributed by atoms with Gasteiger partial charge in [0.15, 0.2) is 5.96 Å². The highest BCUT2D eigenvalue weighted by Gasteiger charge is 2.22. The molecule has 1 heterocycles. The first-order chi connectivity index (χ1) is 9.25. The van der Waals surface area contributed by atoms with Crippen molar-refractivity contribution < 1.29 is 4.79 Å². The van der Waals surface area contributed by atoms with E-state index in [9.17, 15) is 4.79 Å². The van der Waals surface area contributed by atoms with Crippen LogP contribution in [0, 0.1) is 0 Å². The van der Waals surface area contributed by atoms with E-state index in [0.29, 0.717) is 25.0 Å². The highest BCUT2D eigenvalue weighted by molar-refractivity contribution is 5.78. The van der Waals surface area contributed by atoms with Gasteiger partial charge in [0.2, 0.25) is 5.91 Å². The Kier molecular flexibility index (Phi) is 5.48. The van der Waals surface area contributed by atoms with Crippen molar-refractivity contribution in [2.75, 3.05) is 19.6 Å². The smallest absolute Gasteiger partial charge is 0.220 e. The molecule has 1 aliphatic heterocycles. The van der Waals surface area contributed by atoms with Crippen LogP contribution in [-0.2, 0) is 4.79 Å². The summed E-state index contributed by atoms with van der Waals surface area (Å²) in [4.78, 5) is 18.1. The summed E-state index contributed by atoms with van der Waals surface area (Å²) in [6.45, 7) is 2.70. The van der Waals surface area contributed by atoms with E-state index in [-0.39, 0.29) is 5.91 Å². The third kappa shape index (κ3) is 5.49. The quantitative estimate of drug-likeness (QED) is 0.447. The number of amides is 1. The molecule has 5 nitrogen and oxygen atoms in total. The Morgan fingerprint density at radius 3 is 2.53 bits per heavy atom. The van der Waals surface area contributed by atoms with Crippen LogP contribution >= 0.6 is 0 Å². The molecule has 0 atom stereocenters. The topological polar surface area (TPSA) is 70.7 Å². The Labute approximate surface area is 115 Å². The van der Waals surface area contributed by atoms with Gasteiger partial charge >= 0.3 is 0 Å². The molecule has 0 aromatic carbocycles. The van der Waals surface area contributed by atoms with Crippen LogP contribution in [0.25, 0.3) is 0 Å². The predicted octanol–water partition coefficient (Wildman–Crippen LogP) is 1.24. The lowest BCUT2D eigenvalue weighted by Gasteiger charge is -2.21. The highest BCUT2D eigenvalue weighted by Crippen LogP contribution is 2.18. The molecule has 0 aromatic heterocycles. The molecule has 2 fully saturated rings. The summed E-state index contributed by atoms with van der Waals surface area (Å²) in [7, 11) is 0. The lowest BCUT2D eigenvalue weighted by molar-refractivity contribution is -0.121. The van der Waals surface area contributed by atoms with Crippen molar-refractivity contribution in [2.45, 2.75) is 57.4 Å². The second kappa shape index (κ2) is 7.36. The molecular formula is C14H26N4O. The monoisotopic (exact) mass is 266 g/mol. The number of carbonyl (C=O) groups is 1. The second-order valence-corrected chi connectivity index (χ2v) is 5.59. The van der Waals surface area contributed by atoms with Gasteiger partial charge in [0.1, 0.15) is 0 Å². The maximum Gasteiger partial charge on any atom is 0.220 e. The molecule has 3 N–H and O–H groups in total. The number of rotatable bonds is 5. The van der Waals surface area contributed by atoms with Crippen molar-refractivity contribution in [3.63, 3.8) is 0 Å². The normalized spacial score (nSPS) is 21.1. The Morgan fingerprint density at radius 1 is 1.21 bits per heavy atom. The average molecular weight is 266 g/mol. The molecule has 0 unspecified atom stereocenters. The summed E-state index contributed by atoms with van der Waals surface area (Å²) in [6, 6.07) is 0.457. The third-order valence-electron chi connectivity index (χ3n) is 3.71. The minimum atomic E-state index is 0.158. The fraction of sp³-hybridized carbons (Fsp3) is 0.857. The molecule has 1 saturated heterocycles. The Bertz CT molecular complexity index is 317. The van der Waals surface area contributed by atoms with E-state index >= 15 is 0 Å². The van der Waals surface area contributed by atoms with E-state index in [1.165, 1.54) is 25.7 Å². The van der Waals surface area contributed by atoms with Crippen LogP contribution in [0.4, 0.5) is 0 Å². The predicted molar refractivity (Wildman–Crippen MR) is 76.9 cm³/mol. The van der Waals surface area contributed by atoms with Crippen molar-refractivity contribution in [1.82, 2.24) is 10.2 Å². The number of hydrogen-bond donors (Lipinski definition) is 2. The fourth-order valence-electron chi connectivity index (χ4n) is 2.36. The molecular weight excluding hydrogens is 240 g/mol. The minimum absolute atomic E-state index is 0.158. The highest BCUT2D eigenvalue weighted by atomic mass is 16.1. The molecule has 0 radical (unpaired) electrons. The molecule has 0 bridgehead atoms. The van der Waals surface area contributed by atoms with E-state index in [4.69, 9.17) is 5.73 Å². The van der Waals surface area contributed by atoms with E-state index in [2.05, 4.69) is 15.2 Å². The van der Waals surface area contributed by atoms with Crippen LogP contribution in [0.3, 0.4) is 0 Å². The molecule has 19 heavy (non-hydrogen) atoms. The Morgan fingerprint density at radius 2 is 1.89 bits per heavy atom. The molecule has 1 saturated carbocycles. The zero-order chi connectivity index (χ0) is 13.5. The summed E-state index contributed by atoms with van der Waals surface area (Å²) in [5, 5.41) is 2.98. The van der Waals surface area contributed by atoms with Gasteiger partial charge in [0, 0.05) is 32.1 Å². The third-order valence-corrected chi connectivity index (χ3v) is 3.71. The van der Waals surface area contributed by atoms with Crippen molar-refractivity contribution in [2.24, 2.45) is 10.7 Å². The second-order valence-electron chi connectivity index (χ2n) is 5.59. The van der Waals surface area contributed by atoms with Gasteiger partial charge in [-0.15, -0.1) is 0 Å². The lowest BCUT2D eigenvalue weighted by Crippen LogP contribution is -2.38. The zero-order valence-electron chi connectivity index (χ0n) is 11.7. The number of aliphatic imine (C=N–C) groups is 1. The summed E-state index contributed by atoms with van der Waals surface area (Å²) in [5.74, 6) is 0.815. The maximum atomic E-state index is 11.5. The van der Waals surface area contributed by atoms with Crippen molar-refractivity contribution in [3.05, 3.63) is 0 Å². The van der Waals surface area contributed by atoms with Gasteiger partial charge in [-0.05, 0) is 32.1 Å². The lowest BCUT2D eigenvalue weighted by atomic mass is 10.2. The first kappa shape index (κ1) is 14.2. The summed E-state index contributed by atoms with van der Waals surface area (Å²) in [5.41, 5.74) is 6.00. The molecule has 5 heteroatoms. The fourth-order valence-corrected chi connectivity index (χ4v) is 2.36. The zero-order valence-corrected chi connectivity index (χ0v) is 11.7. The molecule has 0 spiro atoms. The Balaban J connectivity index is 1.61. The largest absolute Gasteiger partial charge is 0.370 e. The summed E-state index contributed by atoms with van der Waals surface area (Å²) >= 11 is 0. The molecule has 0 aromatic rings. The van der Waals surface area contributed by atoms with Crippen LogP contribution in [0.15, 0.2) is 4.99 Å². The first-order valence-corrected chi connectivity index (χ1v) is 7.60. The molecule has 2 rings (SSSR count). The van der Waals surface area contributed by atoms with E-state index in [1.807, 2.05) is 0 Å². The van der Waals surface area contributed by atoms with Gasteiger partial charge in [-0.2, -0.15) is 0 Å². The van der Waals surface area contributed by atoms with Gasteiger partial charge in [-0.1, -0.05) is 12.8 Å². The van der Waals surface area contributed by atoms with Gasteiger partial charge in [0.25, 0.3) is 0 Å². The van der Waals surface area contributed by atoms with E-state index < -0.39 is 0 Å². The van der Waals surface area contributed by atoms with Crippen LogP contribution in [0.2, 0.25) is 0 Å². The summed E-state index contributed by atoms with van der Waals surface area (Å²) < 4.78 is 0. The standard InChI is InChI=1S/C14H26N4O/c15-14(18-10-3-1-2-4-11-18)16-9-5-6-13(19)17-12-7-8-12/h12H,1-11H2,(H2,15,16)(H,17,19). The number of nitrogens with zero attached hydrogens (tertiary/aromatic N) is 2. The minimum Gasteiger partial charge on any atom is -0.370 e. The number of nitrogens with one attached hydrogen (secondary N) is 1. The number of carbonyl (C=O) groups excluding carboxylic acids is 1. The molecule has 1 amide bonds. The molecule has 108 valence electrons. The number of nitrogens with two attached hydrogens (primary N) is 1. The van der Waals surface area contributed by atoms with Crippen molar-refractivity contribution in [1.29, 1.82) is 0 Å². The van der Waals surface area contributed by atoms with Crippen LogP contribution < -0.4 is 11.1 Å². The average Bonchev–Trinajstić information content (AvgIpc) is 3.20. The molecule has 1 aliphatic carbocycles. The number of guanidine groups is 1. The van der Waals surface area contributed by atoms with Crippen LogP contribution in [0.1, 0.15) is 51.4 Å².